The predicted octanol–water partition coefficient (Wildman–Crippen LogP) is 2.35. The van der Waals surface area contributed by atoms with Crippen LogP contribution in [-0.4, -0.2) is 12.5 Å². The quantitative estimate of drug-likeness (QED) is 0.756. The van der Waals surface area contributed by atoms with E-state index in [9.17, 15) is 4.79 Å². The van der Waals surface area contributed by atoms with Crippen LogP contribution in [0.5, 0.6) is 0 Å². The third-order valence-electron chi connectivity index (χ3n) is 3.00. The van der Waals surface area contributed by atoms with Crippen molar-refractivity contribution in [1.29, 1.82) is 0 Å². The number of hydrogen-bond acceptors (Lipinski definition) is 3. The topological polar surface area (TPSA) is 81.1 Å². The molecule has 0 spiro atoms. The number of hydrogen-bond donors (Lipinski definition) is 3. The molecule has 0 saturated heterocycles. The van der Waals surface area contributed by atoms with Crippen LogP contribution in [0.3, 0.4) is 0 Å². The van der Waals surface area contributed by atoms with Crippen molar-refractivity contribution in [3.8, 4) is 0 Å². The second-order valence-electron chi connectivity index (χ2n) is 4.41. The zero-order valence-corrected chi connectivity index (χ0v) is 11.6. The minimum absolute atomic E-state index is 0.229. The number of amides is 1. The highest BCUT2D eigenvalue weighted by atomic mass is 35.5. The summed E-state index contributed by atoms with van der Waals surface area (Å²) in [5.74, 6) is -0.229. The molecule has 1 unspecified atom stereocenters. The first-order valence-electron chi connectivity index (χ1n) is 6.22. The lowest BCUT2D eigenvalue weighted by molar-refractivity contribution is 0.0938. The Bertz CT molecular complexity index is 601. The molecular formula is C15H16ClN3O. The van der Waals surface area contributed by atoms with Gasteiger partial charge in [0, 0.05) is 12.1 Å². The number of nitrogens with one attached hydrogen (secondary N) is 1. The molecule has 1 amide bonds. The highest BCUT2D eigenvalue weighted by Gasteiger charge is 2.14. The lowest BCUT2D eigenvalue weighted by atomic mass is 10.1. The van der Waals surface area contributed by atoms with Crippen LogP contribution in [0.15, 0.2) is 48.5 Å². The van der Waals surface area contributed by atoms with E-state index in [4.69, 9.17) is 23.1 Å². The van der Waals surface area contributed by atoms with Crippen molar-refractivity contribution in [2.75, 3.05) is 12.3 Å². The zero-order valence-electron chi connectivity index (χ0n) is 10.8. The molecule has 0 aliphatic heterocycles. The van der Waals surface area contributed by atoms with E-state index >= 15 is 0 Å². The molecule has 0 heterocycles. The maximum atomic E-state index is 12.2. The molecule has 2 rings (SSSR count). The number of nitrogen functional groups attached to an aromatic ring is 1. The minimum Gasteiger partial charge on any atom is -0.398 e. The van der Waals surface area contributed by atoms with Crippen molar-refractivity contribution in [2.45, 2.75) is 6.04 Å². The molecule has 4 nitrogen and oxygen atoms in total. The maximum Gasteiger partial charge on any atom is 0.251 e. The van der Waals surface area contributed by atoms with Crippen LogP contribution >= 0.6 is 11.6 Å². The number of anilines is 1. The fourth-order valence-electron chi connectivity index (χ4n) is 1.89. The molecule has 1 atom stereocenters. The molecular weight excluding hydrogens is 274 g/mol. The third kappa shape index (κ3) is 3.29. The molecule has 5 N–H and O–H groups in total. The summed E-state index contributed by atoms with van der Waals surface area (Å²) in [4.78, 5) is 12.2. The number of nitrogens with two attached hydrogens (primary N) is 2. The summed E-state index contributed by atoms with van der Waals surface area (Å²) in [6.45, 7) is 0.318. The summed E-state index contributed by atoms with van der Waals surface area (Å²) in [7, 11) is 0. The van der Waals surface area contributed by atoms with Gasteiger partial charge in [-0.15, -0.1) is 0 Å². The van der Waals surface area contributed by atoms with Gasteiger partial charge in [0.2, 0.25) is 0 Å². The van der Waals surface area contributed by atoms with E-state index in [1.807, 2.05) is 30.3 Å². The van der Waals surface area contributed by atoms with E-state index in [1.165, 1.54) is 0 Å². The monoisotopic (exact) mass is 289 g/mol. The molecule has 0 fully saturated rings. The van der Waals surface area contributed by atoms with Gasteiger partial charge in [0.15, 0.2) is 0 Å². The van der Waals surface area contributed by atoms with E-state index in [0.29, 0.717) is 22.8 Å². The Kier molecular flexibility index (Phi) is 4.61. The van der Waals surface area contributed by atoms with Gasteiger partial charge >= 0.3 is 0 Å². The molecule has 2 aromatic carbocycles. The first-order chi connectivity index (χ1) is 9.61. The molecule has 0 saturated carbocycles. The third-order valence-corrected chi connectivity index (χ3v) is 3.35. The first-order valence-corrected chi connectivity index (χ1v) is 6.60. The van der Waals surface area contributed by atoms with Crippen LogP contribution in [0, 0.1) is 0 Å². The number of benzene rings is 2. The van der Waals surface area contributed by atoms with E-state index < -0.39 is 0 Å². The molecule has 0 bridgehead atoms. The first kappa shape index (κ1) is 14.4. The largest absolute Gasteiger partial charge is 0.398 e. The summed E-state index contributed by atoms with van der Waals surface area (Å²) in [6.07, 6.45) is 0. The van der Waals surface area contributed by atoms with E-state index in [0.717, 1.165) is 5.56 Å². The van der Waals surface area contributed by atoms with Crippen LogP contribution in [0.4, 0.5) is 5.69 Å². The Morgan fingerprint density at radius 3 is 2.50 bits per heavy atom. The van der Waals surface area contributed by atoms with Crippen molar-refractivity contribution in [3.63, 3.8) is 0 Å². The number of carbonyl (C=O) groups is 1. The predicted molar refractivity (Wildman–Crippen MR) is 81.6 cm³/mol. The summed E-state index contributed by atoms with van der Waals surface area (Å²) >= 11 is 5.84. The number of halogens is 1. The minimum atomic E-state index is -0.236. The fourth-order valence-corrected chi connectivity index (χ4v) is 2.01. The maximum absolute atomic E-state index is 12.2. The van der Waals surface area contributed by atoms with Crippen molar-refractivity contribution in [2.24, 2.45) is 5.73 Å². The fraction of sp³-hybridized carbons (Fsp3) is 0.133. The Hall–Kier alpha value is -2.04. The van der Waals surface area contributed by atoms with Crippen molar-refractivity contribution in [1.82, 2.24) is 5.32 Å². The van der Waals surface area contributed by atoms with Crippen LogP contribution in [0.25, 0.3) is 0 Å². The van der Waals surface area contributed by atoms with Gasteiger partial charge in [0.25, 0.3) is 5.91 Å². The molecule has 0 aromatic heterocycles. The van der Waals surface area contributed by atoms with Gasteiger partial charge < -0.3 is 16.8 Å². The Labute approximate surface area is 122 Å². The van der Waals surface area contributed by atoms with Crippen molar-refractivity contribution < 1.29 is 4.79 Å². The molecule has 5 heteroatoms. The lowest BCUT2D eigenvalue weighted by Crippen LogP contribution is -2.33. The van der Waals surface area contributed by atoms with Gasteiger partial charge in [-0.3, -0.25) is 4.79 Å². The van der Waals surface area contributed by atoms with Gasteiger partial charge in [0.1, 0.15) is 0 Å². The number of rotatable bonds is 4. The summed E-state index contributed by atoms with van der Waals surface area (Å²) in [5, 5.41) is 3.31. The Morgan fingerprint density at radius 1 is 1.20 bits per heavy atom. The average molecular weight is 290 g/mol. The van der Waals surface area contributed by atoms with Gasteiger partial charge in [-0.2, -0.15) is 0 Å². The molecule has 2 aromatic rings. The van der Waals surface area contributed by atoms with E-state index in [-0.39, 0.29) is 11.9 Å². The van der Waals surface area contributed by atoms with Crippen LogP contribution in [0.1, 0.15) is 22.0 Å². The van der Waals surface area contributed by atoms with Crippen molar-refractivity contribution >= 4 is 23.2 Å². The van der Waals surface area contributed by atoms with E-state index in [1.54, 1.807) is 18.2 Å². The Morgan fingerprint density at radius 2 is 1.90 bits per heavy atom. The highest BCUT2D eigenvalue weighted by Crippen LogP contribution is 2.20. The van der Waals surface area contributed by atoms with Gasteiger partial charge in [0.05, 0.1) is 16.8 Å². The zero-order chi connectivity index (χ0) is 14.5. The van der Waals surface area contributed by atoms with E-state index in [2.05, 4.69) is 5.32 Å². The van der Waals surface area contributed by atoms with Crippen molar-refractivity contribution in [3.05, 3.63) is 64.7 Å². The standard InChI is InChI=1S/C15H16ClN3O/c16-12-7-6-11(8-13(12)18)15(20)19-14(9-17)10-4-2-1-3-5-10/h1-8,14H,9,17-18H2,(H,19,20). The normalized spacial score (nSPS) is 11.9. The summed E-state index contributed by atoms with van der Waals surface area (Å²) < 4.78 is 0. The smallest absolute Gasteiger partial charge is 0.251 e. The Balaban J connectivity index is 2.15. The van der Waals surface area contributed by atoms with Gasteiger partial charge in [-0.1, -0.05) is 41.9 Å². The summed E-state index contributed by atoms with van der Waals surface area (Å²) in [6, 6.07) is 14.1. The molecule has 20 heavy (non-hydrogen) atoms. The summed E-state index contributed by atoms with van der Waals surface area (Å²) in [5.41, 5.74) is 13.2. The highest BCUT2D eigenvalue weighted by molar-refractivity contribution is 6.33. The molecule has 104 valence electrons. The molecule has 0 aliphatic carbocycles. The molecule has 0 radical (unpaired) electrons. The van der Waals surface area contributed by atoms with Crippen LogP contribution < -0.4 is 16.8 Å². The second kappa shape index (κ2) is 6.41. The number of carbonyl (C=O) groups excluding carboxylic acids is 1. The average Bonchev–Trinajstić information content (AvgIpc) is 2.48. The van der Waals surface area contributed by atoms with Crippen LogP contribution in [0.2, 0.25) is 5.02 Å². The SMILES string of the molecule is NCC(NC(=O)c1ccc(Cl)c(N)c1)c1ccccc1. The lowest BCUT2D eigenvalue weighted by Gasteiger charge is -2.17. The molecule has 0 aliphatic rings. The van der Waals surface area contributed by atoms with Crippen LogP contribution in [-0.2, 0) is 0 Å². The second-order valence-corrected chi connectivity index (χ2v) is 4.82. The van der Waals surface area contributed by atoms with Gasteiger partial charge in [-0.25, -0.2) is 0 Å². The van der Waals surface area contributed by atoms with Gasteiger partial charge in [-0.05, 0) is 23.8 Å².